The molecular weight excluding hydrogens is 334 g/mol. The normalized spacial score (nSPS) is 14.2. The Morgan fingerprint density at radius 1 is 1.13 bits per heavy atom. The Labute approximate surface area is 141 Å². The lowest BCUT2D eigenvalue weighted by atomic mass is 10.1. The maximum Gasteiger partial charge on any atom is 0.264 e. The molecule has 6 heteroatoms. The van der Waals surface area contributed by atoms with E-state index >= 15 is 0 Å². The van der Waals surface area contributed by atoms with Gasteiger partial charge in [-0.25, -0.2) is 8.42 Å². The molecule has 0 saturated carbocycles. The molecule has 0 aliphatic carbocycles. The zero-order chi connectivity index (χ0) is 16.6. The molecule has 1 heterocycles. The summed E-state index contributed by atoms with van der Waals surface area (Å²) in [4.78, 5) is 0.260. The number of hydrogen-bond acceptors (Lipinski definition) is 3. The third kappa shape index (κ3) is 2.82. The highest BCUT2D eigenvalue weighted by molar-refractivity contribution is 7.92. The zero-order valence-electron chi connectivity index (χ0n) is 12.8. The number of fused-ring (bicyclic) bond motifs is 1. The van der Waals surface area contributed by atoms with Gasteiger partial charge in [0, 0.05) is 10.6 Å². The number of sulfonamides is 1. The van der Waals surface area contributed by atoms with Gasteiger partial charge >= 0.3 is 0 Å². The van der Waals surface area contributed by atoms with Gasteiger partial charge in [-0.15, -0.1) is 0 Å². The lowest BCUT2D eigenvalue weighted by Gasteiger charge is -2.29. The predicted octanol–water partition coefficient (Wildman–Crippen LogP) is 3.79. The minimum atomic E-state index is -3.65. The lowest BCUT2D eigenvalue weighted by molar-refractivity contribution is 0.414. The van der Waals surface area contributed by atoms with Gasteiger partial charge in [-0.05, 0) is 43.3 Å². The molecule has 0 bridgehead atoms. The van der Waals surface area contributed by atoms with Crippen LogP contribution in [0.1, 0.15) is 11.1 Å². The Kier molecular flexibility index (Phi) is 4.08. The number of ether oxygens (including phenoxy) is 1. The van der Waals surface area contributed by atoms with E-state index in [1.165, 1.54) is 4.31 Å². The number of aryl methyl sites for hydroxylation is 1. The summed E-state index contributed by atoms with van der Waals surface area (Å²) in [6.45, 7) is 2.12. The Bertz CT molecular complexity index is 873. The smallest absolute Gasteiger partial charge is 0.264 e. The van der Waals surface area contributed by atoms with Crippen LogP contribution < -0.4 is 9.04 Å². The summed E-state index contributed by atoms with van der Waals surface area (Å²) in [7, 11) is -2.09. The first-order chi connectivity index (χ1) is 10.9. The summed E-state index contributed by atoms with van der Waals surface area (Å²) in [6, 6.07) is 12.0. The highest BCUT2D eigenvalue weighted by atomic mass is 35.5. The molecule has 1 aliphatic rings. The fraction of sp³-hybridized carbons (Fsp3) is 0.176. The third-order valence-corrected chi connectivity index (χ3v) is 5.93. The molecule has 23 heavy (non-hydrogen) atoms. The van der Waals surface area contributed by atoms with Crippen molar-refractivity contribution in [2.75, 3.05) is 18.0 Å². The van der Waals surface area contributed by atoms with E-state index in [1.54, 1.807) is 55.7 Å². The van der Waals surface area contributed by atoms with Gasteiger partial charge in [-0.3, -0.25) is 4.31 Å². The first kappa shape index (κ1) is 15.9. The Morgan fingerprint density at radius 2 is 1.83 bits per heavy atom. The predicted molar refractivity (Wildman–Crippen MR) is 92.5 cm³/mol. The molecule has 0 radical (unpaired) electrons. The average Bonchev–Trinajstić information content (AvgIpc) is 2.55. The van der Waals surface area contributed by atoms with E-state index in [4.69, 9.17) is 16.3 Å². The van der Waals surface area contributed by atoms with E-state index < -0.39 is 10.0 Å². The fourth-order valence-electron chi connectivity index (χ4n) is 2.49. The molecule has 0 atom stereocenters. The molecule has 0 amide bonds. The van der Waals surface area contributed by atoms with Gasteiger partial charge < -0.3 is 4.74 Å². The maximum atomic E-state index is 12.9. The molecule has 0 fully saturated rings. The Hall–Kier alpha value is -1.98. The SMILES string of the molecule is COc1ccc2c(c1)C(Cl)=CCN2S(=O)(=O)c1ccc(C)cc1. The molecule has 0 aromatic heterocycles. The minimum Gasteiger partial charge on any atom is -0.497 e. The van der Waals surface area contributed by atoms with Gasteiger partial charge in [-0.2, -0.15) is 0 Å². The fourth-order valence-corrected chi connectivity index (χ4v) is 4.13. The van der Waals surface area contributed by atoms with E-state index in [-0.39, 0.29) is 11.4 Å². The number of benzene rings is 2. The number of anilines is 1. The van der Waals surface area contributed by atoms with Crippen molar-refractivity contribution in [2.45, 2.75) is 11.8 Å². The summed E-state index contributed by atoms with van der Waals surface area (Å²) in [5.41, 5.74) is 2.21. The lowest BCUT2D eigenvalue weighted by Crippen LogP contribution is -2.33. The average molecular weight is 350 g/mol. The van der Waals surface area contributed by atoms with E-state index in [0.29, 0.717) is 22.0 Å². The van der Waals surface area contributed by atoms with Gasteiger partial charge in [0.2, 0.25) is 0 Å². The largest absolute Gasteiger partial charge is 0.497 e. The number of halogens is 1. The molecular formula is C17H16ClNO3S. The summed E-state index contributed by atoms with van der Waals surface area (Å²) >= 11 is 6.24. The van der Waals surface area contributed by atoms with Crippen LogP contribution in [0.4, 0.5) is 5.69 Å². The van der Waals surface area contributed by atoms with Crippen LogP contribution in [0.5, 0.6) is 5.75 Å². The highest BCUT2D eigenvalue weighted by Gasteiger charge is 2.29. The summed E-state index contributed by atoms with van der Waals surface area (Å²) in [6.07, 6.45) is 1.69. The van der Waals surface area contributed by atoms with Crippen LogP contribution in [0.25, 0.3) is 5.03 Å². The standard InChI is InChI=1S/C17H16ClNO3S/c1-12-3-6-14(7-4-12)23(20,21)19-10-9-16(18)15-11-13(22-2)5-8-17(15)19/h3-9,11H,10H2,1-2H3. The molecule has 0 spiro atoms. The van der Waals surface area contributed by atoms with E-state index in [9.17, 15) is 8.42 Å². The Balaban J connectivity index is 2.10. The summed E-state index contributed by atoms with van der Waals surface area (Å²) < 4.78 is 32.4. The molecule has 0 saturated heterocycles. The van der Waals surface area contributed by atoms with E-state index in [1.807, 2.05) is 6.92 Å². The molecule has 4 nitrogen and oxygen atoms in total. The van der Waals surface area contributed by atoms with Crippen LogP contribution in [-0.4, -0.2) is 22.1 Å². The molecule has 3 rings (SSSR count). The van der Waals surface area contributed by atoms with Crippen molar-refractivity contribution in [3.8, 4) is 5.75 Å². The van der Waals surface area contributed by atoms with Crippen LogP contribution in [-0.2, 0) is 10.0 Å². The van der Waals surface area contributed by atoms with Gasteiger partial charge in [0.25, 0.3) is 10.0 Å². The number of nitrogens with zero attached hydrogens (tertiary/aromatic N) is 1. The van der Waals surface area contributed by atoms with Crippen molar-refractivity contribution < 1.29 is 13.2 Å². The van der Waals surface area contributed by atoms with Crippen LogP contribution in [0.3, 0.4) is 0 Å². The van der Waals surface area contributed by atoms with E-state index in [2.05, 4.69) is 0 Å². The third-order valence-electron chi connectivity index (χ3n) is 3.78. The minimum absolute atomic E-state index is 0.203. The molecule has 2 aromatic carbocycles. The van der Waals surface area contributed by atoms with Crippen molar-refractivity contribution in [2.24, 2.45) is 0 Å². The molecule has 2 aromatic rings. The molecule has 0 unspecified atom stereocenters. The second-order valence-corrected chi connectivity index (χ2v) is 7.55. The summed E-state index contributed by atoms with van der Waals surface area (Å²) in [5, 5.41) is 0.522. The molecule has 0 N–H and O–H groups in total. The number of methoxy groups -OCH3 is 1. The van der Waals surface area contributed by atoms with Gasteiger partial charge in [0.05, 0.1) is 24.2 Å². The highest BCUT2D eigenvalue weighted by Crippen LogP contribution is 2.38. The van der Waals surface area contributed by atoms with Crippen LogP contribution in [0, 0.1) is 6.92 Å². The maximum absolute atomic E-state index is 12.9. The number of rotatable bonds is 3. The Morgan fingerprint density at radius 3 is 2.48 bits per heavy atom. The second kappa shape index (κ2) is 5.91. The molecule has 120 valence electrons. The van der Waals surface area contributed by atoms with Crippen LogP contribution in [0.15, 0.2) is 53.4 Å². The van der Waals surface area contributed by atoms with Crippen molar-refractivity contribution in [1.29, 1.82) is 0 Å². The monoisotopic (exact) mass is 349 g/mol. The van der Waals surface area contributed by atoms with Crippen molar-refractivity contribution in [3.63, 3.8) is 0 Å². The summed E-state index contributed by atoms with van der Waals surface area (Å²) in [5.74, 6) is 0.630. The van der Waals surface area contributed by atoms with Gasteiger partial charge in [0.1, 0.15) is 5.75 Å². The van der Waals surface area contributed by atoms with Crippen molar-refractivity contribution in [3.05, 3.63) is 59.7 Å². The van der Waals surface area contributed by atoms with Crippen LogP contribution in [0.2, 0.25) is 0 Å². The van der Waals surface area contributed by atoms with Crippen molar-refractivity contribution >= 4 is 32.3 Å². The van der Waals surface area contributed by atoms with Crippen LogP contribution >= 0.6 is 11.6 Å². The number of hydrogen-bond donors (Lipinski definition) is 0. The quantitative estimate of drug-likeness (QED) is 0.846. The van der Waals surface area contributed by atoms with Gasteiger partial charge in [0.15, 0.2) is 0 Å². The molecule has 1 aliphatic heterocycles. The first-order valence-electron chi connectivity index (χ1n) is 7.07. The van der Waals surface area contributed by atoms with E-state index in [0.717, 1.165) is 5.56 Å². The second-order valence-electron chi connectivity index (χ2n) is 5.28. The zero-order valence-corrected chi connectivity index (χ0v) is 14.4. The first-order valence-corrected chi connectivity index (χ1v) is 8.89. The topological polar surface area (TPSA) is 46.6 Å². The van der Waals surface area contributed by atoms with Gasteiger partial charge in [-0.1, -0.05) is 29.3 Å². The van der Waals surface area contributed by atoms with Crippen molar-refractivity contribution in [1.82, 2.24) is 0 Å².